The number of carbonyl (C=O) groups excluding carboxylic acids is 2. The number of nitrogens with one attached hydrogen (secondary N) is 1. The van der Waals surface area contributed by atoms with Crippen molar-refractivity contribution in [1.82, 2.24) is 23.9 Å². The van der Waals surface area contributed by atoms with Crippen LogP contribution in [-0.2, 0) is 14.8 Å². The molecule has 176 valence electrons. The molecule has 0 radical (unpaired) electrons. The molecular weight excluding hydrogens is 490 g/mol. The molecule has 5 heterocycles. The second kappa shape index (κ2) is 8.42. The van der Waals surface area contributed by atoms with Crippen LogP contribution in [0.5, 0.6) is 0 Å². The Hall–Kier alpha value is -2.41. The first kappa shape index (κ1) is 22.4. The zero-order chi connectivity index (χ0) is 23.2. The van der Waals surface area contributed by atoms with Crippen LogP contribution in [0.15, 0.2) is 39.4 Å². The number of likely N-dealkylation sites (tertiary alicyclic amines) is 1. The van der Waals surface area contributed by atoms with E-state index in [9.17, 15) is 18.0 Å². The molecule has 0 saturated carbocycles. The Bertz CT molecular complexity index is 1290. The summed E-state index contributed by atoms with van der Waals surface area (Å²) >= 11 is 7.50. The van der Waals surface area contributed by atoms with Crippen LogP contribution >= 0.6 is 22.9 Å². The highest BCUT2D eigenvalue weighted by molar-refractivity contribution is 7.89. The molecule has 0 aliphatic carbocycles. The Balaban J connectivity index is 1.20. The minimum absolute atomic E-state index is 0.0115. The molecule has 2 amide bonds. The summed E-state index contributed by atoms with van der Waals surface area (Å²) in [4.78, 5) is 30.9. The third-order valence-electron chi connectivity index (χ3n) is 6.49. The Labute approximate surface area is 199 Å². The number of imidazole rings is 1. The molecule has 0 unspecified atom stereocenters. The number of nitrogens with zero attached hydrogens (tertiary/aromatic N) is 4. The van der Waals surface area contributed by atoms with E-state index in [1.807, 2.05) is 0 Å². The standard InChI is InChI=1S/C20H22ClN5O5S2/c21-16-18(26-9-11-32-19(26)23-16)33(29,30)25-8-5-20(13-25)3-6-24(7-4-20)15(27)12-22-17(28)14-2-1-10-31-14/h1-2,9-11H,3-8,12-13H2,(H,22,28). The van der Waals surface area contributed by atoms with Crippen LogP contribution < -0.4 is 5.32 Å². The predicted molar refractivity (Wildman–Crippen MR) is 121 cm³/mol. The van der Waals surface area contributed by atoms with Gasteiger partial charge in [-0.1, -0.05) is 11.6 Å². The summed E-state index contributed by atoms with van der Waals surface area (Å²) in [6.45, 7) is 1.73. The Morgan fingerprint density at radius 2 is 2.00 bits per heavy atom. The van der Waals surface area contributed by atoms with Gasteiger partial charge < -0.3 is 14.6 Å². The first-order valence-electron chi connectivity index (χ1n) is 10.5. The monoisotopic (exact) mass is 511 g/mol. The lowest BCUT2D eigenvalue weighted by Gasteiger charge is -2.39. The quantitative estimate of drug-likeness (QED) is 0.560. The summed E-state index contributed by atoms with van der Waals surface area (Å²) in [5.74, 6) is -0.444. The number of piperidine rings is 1. The number of sulfonamides is 1. The molecule has 2 aliphatic rings. The molecule has 10 nitrogen and oxygen atoms in total. The number of furan rings is 1. The molecule has 33 heavy (non-hydrogen) atoms. The fraction of sp³-hybridized carbons (Fsp3) is 0.450. The molecular formula is C20H22ClN5O5S2. The van der Waals surface area contributed by atoms with Gasteiger partial charge in [0.15, 0.2) is 20.9 Å². The van der Waals surface area contributed by atoms with Crippen molar-refractivity contribution >= 4 is 49.7 Å². The number of fused-ring (bicyclic) bond motifs is 1. The molecule has 0 bridgehead atoms. The summed E-state index contributed by atoms with van der Waals surface area (Å²) in [5.41, 5.74) is -0.174. The minimum Gasteiger partial charge on any atom is -0.459 e. The topological polar surface area (TPSA) is 117 Å². The highest BCUT2D eigenvalue weighted by Gasteiger charge is 2.46. The van der Waals surface area contributed by atoms with Gasteiger partial charge in [-0.25, -0.2) is 13.4 Å². The molecule has 1 N–H and O–H groups in total. The van der Waals surface area contributed by atoms with Crippen LogP contribution in [0.2, 0.25) is 5.15 Å². The predicted octanol–water partition coefficient (Wildman–Crippen LogP) is 2.08. The summed E-state index contributed by atoms with van der Waals surface area (Å²) in [7, 11) is -3.80. The van der Waals surface area contributed by atoms with E-state index in [-0.39, 0.29) is 33.8 Å². The van der Waals surface area contributed by atoms with Crippen molar-refractivity contribution < 1.29 is 22.4 Å². The lowest BCUT2D eigenvalue weighted by atomic mass is 9.78. The third-order valence-corrected chi connectivity index (χ3v) is 9.49. The van der Waals surface area contributed by atoms with Crippen molar-refractivity contribution in [3.05, 3.63) is 40.9 Å². The number of aromatic nitrogens is 2. The highest BCUT2D eigenvalue weighted by Crippen LogP contribution is 2.43. The second-order valence-corrected chi connectivity index (χ2v) is 11.5. The first-order valence-corrected chi connectivity index (χ1v) is 13.2. The van der Waals surface area contributed by atoms with Gasteiger partial charge in [0.05, 0.1) is 12.8 Å². The van der Waals surface area contributed by atoms with E-state index >= 15 is 0 Å². The normalized spacial score (nSPS) is 18.9. The molecule has 0 aromatic carbocycles. The van der Waals surface area contributed by atoms with Gasteiger partial charge in [0, 0.05) is 37.8 Å². The van der Waals surface area contributed by atoms with E-state index in [2.05, 4.69) is 10.3 Å². The zero-order valence-electron chi connectivity index (χ0n) is 17.6. The molecule has 2 aliphatic heterocycles. The van der Waals surface area contributed by atoms with Crippen molar-refractivity contribution in [3.8, 4) is 0 Å². The second-order valence-electron chi connectivity index (χ2n) is 8.39. The molecule has 0 atom stereocenters. The molecule has 3 aromatic heterocycles. The Kier molecular flexibility index (Phi) is 5.71. The average Bonchev–Trinajstić information content (AvgIpc) is 3.57. The van der Waals surface area contributed by atoms with Crippen LogP contribution in [0.25, 0.3) is 4.96 Å². The fourth-order valence-corrected chi connectivity index (χ4v) is 7.55. The number of thiazole rings is 1. The minimum atomic E-state index is -3.80. The van der Waals surface area contributed by atoms with Crippen molar-refractivity contribution in [3.63, 3.8) is 0 Å². The van der Waals surface area contributed by atoms with Crippen molar-refractivity contribution in [2.75, 3.05) is 32.7 Å². The Morgan fingerprint density at radius 1 is 1.24 bits per heavy atom. The van der Waals surface area contributed by atoms with E-state index in [1.54, 1.807) is 22.5 Å². The van der Waals surface area contributed by atoms with Crippen LogP contribution in [0.4, 0.5) is 0 Å². The summed E-state index contributed by atoms with van der Waals surface area (Å²) in [6, 6.07) is 3.14. The number of rotatable bonds is 5. The van der Waals surface area contributed by atoms with Gasteiger partial charge >= 0.3 is 0 Å². The van der Waals surface area contributed by atoms with Gasteiger partial charge in [0.1, 0.15) is 0 Å². The van der Waals surface area contributed by atoms with E-state index in [0.717, 1.165) is 6.42 Å². The molecule has 2 saturated heterocycles. The maximum absolute atomic E-state index is 13.3. The van der Waals surface area contributed by atoms with Crippen LogP contribution in [-0.4, -0.2) is 71.5 Å². The van der Waals surface area contributed by atoms with E-state index in [4.69, 9.17) is 16.0 Å². The number of carbonyl (C=O) groups is 2. The largest absolute Gasteiger partial charge is 0.459 e. The van der Waals surface area contributed by atoms with Crippen LogP contribution in [0.3, 0.4) is 0 Å². The van der Waals surface area contributed by atoms with Crippen molar-refractivity contribution in [2.45, 2.75) is 24.3 Å². The van der Waals surface area contributed by atoms with Crippen molar-refractivity contribution in [1.29, 1.82) is 0 Å². The van der Waals surface area contributed by atoms with Gasteiger partial charge in [-0.3, -0.25) is 14.0 Å². The van der Waals surface area contributed by atoms with Gasteiger partial charge in [-0.2, -0.15) is 4.31 Å². The van der Waals surface area contributed by atoms with Gasteiger partial charge in [0.2, 0.25) is 5.91 Å². The van der Waals surface area contributed by atoms with Gasteiger partial charge in [-0.05, 0) is 36.8 Å². The number of halogens is 1. The summed E-state index contributed by atoms with van der Waals surface area (Å²) in [5, 5.41) is 4.34. The Morgan fingerprint density at radius 3 is 2.73 bits per heavy atom. The van der Waals surface area contributed by atoms with Crippen LogP contribution in [0, 0.1) is 5.41 Å². The molecule has 5 rings (SSSR count). The maximum Gasteiger partial charge on any atom is 0.287 e. The van der Waals surface area contributed by atoms with Gasteiger partial charge in [-0.15, -0.1) is 11.3 Å². The number of hydrogen-bond donors (Lipinski definition) is 1. The fourth-order valence-electron chi connectivity index (χ4n) is 4.59. The van der Waals surface area contributed by atoms with E-state index in [0.29, 0.717) is 44.0 Å². The third kappa shape index (κ3) is 4.05. The first-order chi connectivity index (χ1) is 15.8. The summed E-state index contributed by atoms with van der Waals surface area (Å²) in [6.07, 6.45) is 5.19. The molecule has 1 spiro atoms. The molecule has 3 aromatic rings. The lowest BCUT2D eigenvalue weighted by Crippen LogP contribution is -2.47. The maximum atomic E-state index is 13.3. The van der Waals surface area contributed by atoms with Gasteiger partial charge in [0.25, 0.3) is 15.9 Å². The van der Waals surface area contributed by atoms with Crippen LogP contribution in [0.1, 0.15) is 29.8 Å². The SMILES string of the molecule is O=C(NCC(=O)N1CCC2(CC1)CCN(S(=O)(=O)c1c(Cl)nc3sccn13)C2)c1ccco1. The van der Waals surface area contributed by atoms with Crippen molar-refractivity contribution in [2.24, 2.45) is 5.41 Å². The van der Waals surface area contributed by atoms with E-state index < -0.39 is 15.9 Å². The smallest absolute Gasteiger partial charge is 0.287 e. The molecule has 13 heteroatoms. The lowest BCUT2D eigenvalue weighted by molar-refractivity contribution is -0.132. The zero-order valence-corrected chi connectivity index (χ0v) is 20.0. The number of hydrogen-bond acceptors (Lipinski definition) is 7. The number of amides is 2. The average molecular weight is 512 g/mol. The van der Waals surface area contributed by atoms with E-state index in [1.165, 1.54) is 32.4 Å². The summed E-state index contributed by atoms with van der Waals surface area (Å²) < 4.78 is 34.7. The molecule has 2 fully saturated rings. The highest BCUT2D eigenvalue weighted by atomic mass is 35.5.